The molecule has 9 rings (SSSR count). The van der Waals surface area contributed by atoms with Crippen molar-refractivity contribution in [2.75, 3.05) is 33.4 Å². The normalized spacial score (nSPS) is 23.7. The van der Waals surface area contributed by atoms with Crippen LogP contribution in [-0.2, 0) is 65.9 Å². The maximum atomic E-state index is 14.5. The Labute approximate surface area is 381 Å². The van der Waals surface area contributed by atoms with Crippen LogP contribution in [0.25, 0.3) is 22.3 Å². The molecule has 3 N–H and O–H groups in total. The number of esters is 2. The van der Waals surface area contributed by atoms with Gasteiger partial charge >= 0.3 is 11.9 Å². The first-order valence-corrected chi connectivity index (χ1v) is 22.7. The molecule has 3 aromatic heterocycles. The number of rotatable bonds is 16. The summed E-state index contributed by atoms with van der Waals surface area (Å²) in [6.45, 7) is 12.0. The summed E-state index contributed by atoms with van der Waals surface area (Å²) < 4.78 is 33.1. The maximum absolute atomic E-state index is 14.5. The van der Waals surface area contributed by atoms with Crippen LogP contribution in [0.2, 0.25) is 0 Å². The van der Waals surface area contributed by atoms with E-state index in [0.717, 1.165) is 29.5 Å². The predicted molar refractivity (Wildman–Crippen MR) is 244 cm³/mol. The molecule has 0 saturated carbocycles. The van der Waals surface area contributed by atoms with Gasteiger partial charge in [-0.25, -0.2) is 14.6 Å². The molecule has 5 atom stereocenters. The zero-order valence-corrected chi connectivity index (χ0v) is 37.9. The number of aromatic nitrogens is 3. The molecule has 0 spiro atoms. The van der Waals surface area contributed by atoms with Gasteiger partial charge in [-0.15, -0.1) is 6.58 Å². The number of ether oxygens (including phenoxy) is 5. The molecule has 16 heteroatoms. The minimum atomic E-state index is -1.96. The number of aryl methyl sites for hydroxylation is 1. The zero-order chi connectivity index (χ0) is 46.7. The lowest BCUT2D eigenvalue weighted by Gasteiger charge is -2.37. The number of hydrogen-bond donors (Lipinski definition) is 3. The number of dihydropyridines is 1. The standard InChI is InChI=1S/C50H55N5O11/c1-7-38-27(4)20-32-42(52-38)41-23-37-35(45(58)55(41)46(32)63-19-17-56)26-65-48(60)50(37,9-3)66-28(5)12-10-13-30-31-21-29(62-18-11-16-51-6)14-15-39(31)53-43-33(30)24-54-40(43)22-36-34(44(54)57)25-64-47(59)49(36,61)8-2/h7,12,14-15,20-23,27,38,46,51,56,61H,1,8-11,13,16-19,24-26H2,2-6H3/t27?,38?,46?,49-,50-/m0/s1. The topological polar surface area (TPSA) is 202 Å². The van der Waals surface area contributed by atoms with Gasteiger partial charge in [-0.3, -0.25) is 19.1 Å². The molecule has 4 aromatic rings. The number of carbonyl (C=O) groups excluding carboxylic acids is 2. The molecular formula is C50H55N5O11. The summed E-state index contributed by atoms with van der Waals surface area (Å²) in [6, 6.07) is 8.99. The highest BCUT2D eigenvalue weighted by Gasteiger charge is 2.51. The van der Waals surface area contributed by atoms with E-state index >= 15 is 0 Å². The van der Waals surface area contributed by atoms with Crippen LogP contribution >= 0.6 is 0 Å². The molecule has 0 bridgehead atoms. The van der Waals surface area contributed by atoms with Crippen LogP contribution in [0.15, 0.2) is 81.1 Å². The van der Waals surface area contributed by atoms with E-state index in [-0.39, 0.29) is 80.0 Å². The van der Waals surface area contributed by atoms with Gasteiger partial charge in [0.2, 0.25) is 5.60 Å². The molecule has 0 amide bonds. The number of fused-ring (bicyclic) bond motifs is 9. The third-order valence-electron chi connectivity index (χ3n) is 13.6. The molecule has 3 unspecified atom stereocenters. The van der Waals surface area contributed by atoms with Crippen molar-refractivity contribution in [1.82, 2.24) is 19.4 Å². The average molecular weight is 902 g/mol. The zero-order valence-electron chi connectivity index (χ0n) is 37.9. The highest BCUT2D eigenvalue weighted by Crippen LogP contribution is 2.44. The van der Waals surface area contributed by atoms with Crippen LogP contribution in [0.4, 0.5) is 0 Å². The molecule has 1 aromatic carbocycles. The van der Waals surface area contributed by atoms with E-state index in [1.807, 2.05) is 51.2 Å². The molecule has 5 aliphatic rings. The largest absolute Gasteiger partial charge is 0.494 e. The van der Waals surface area contributed by atoms with Gasteiger partial charge in [0.05, 0.1) is 77.6 Å². The number of aliphatic hydroxyl groups excluding tert-OH is 1. The molecule has 66 heavy (non-hydrogen) atoms. The molecule has 8 heterocycles. The van der Waals surface area contributed by atoms with Crippen molar-refractivity contribution < 1.29 is 43.5 Å². The van der Waals surface area contributed by atoms with Crippen molar-refractivity contribution in [3.63, 3.8) is 0 Å². The van der Waals surface area contributed by atoms with Gasteiger partial charge in [0.1, 0.15) is 19.0 Å². The minimum Gasteiger partial charge on any atom is -0.494 e. The van der Waals surface area contributed by atoms with E-state index < -0.39 is 34.9 Å². The Bertz CT molecular complexity index is 2910. The molecule has 0 radical (unpaired) electrons. The van der Waals surface area contributed by atoms with Gasteiger partial charge in [0.25, 0.3) is 11.1 Å². The number of nitrogens with one attached hydrogen (secondary N) is 1. The SMILES string of the molecule is C=CC1N=C2C(=CC1C)C(OCCO)n1c2cc2c(c1=O)COC(=O)[C@@]2(CC)OC(C)=CCCc1c2c(nc3ccc(OCCCNC)cc13)-c1cc3c(c(=O)n1C2)COC(=O)[C@]3(O)CC. The molecular weight excluding hydrogens is 847 g/mol. The number of hydrogen-bond acceptors (Lipinski definition) is 14. The summed E-state index contributed by atoms with van der Waals surface area (Å²) in [4.78, 5) is 65.6. The van der Waals surface area contributed by atoms with E-state index in [9.17, 15) is 29.4 Å². The van der Waals surface area contributed by atoms with Crippen LogP contribution in [0.3, 0.4) is 0 Å². The Hall–Kier alpha value is -6.20. The lowest BCUT2D eigenvalue weighted by atomic mass is 9.85. The smallest absolute Gasteiger partial charge is 0.355 e. The highest BCUT2D eigenvalue weighted by molar-refractivity contribution is 6.15. The first kappa shape index (κ1) is 45.0. The van der Waals surface area contributed by atoms with E-state index in [0.29, 0.717) is 70.4 Å². The lowest BCUT2D eigenvalue weighted by molar-refractivity contribution is -0.175. The summed E-state index contributed by atoms with van der Waals surface area (Å²) in [5, 5.41) is 25.1. The minimum absolute atomic E-state index is 0.00326. The van der Waals surface area contributed by atoms with Crippen LogP contribution in [0.5, 0.6) is 5.75 Å². The number of pyridine rings is 3. The summed E-state index contributed by atoms with van der Waals surface area (Å²) in [5.41, 5.74) is 2.05. The van der Waals surface area contributed by atoms with Crippen LogP contribution in [-0.4, -0.2) is 81.4 Å². The van der Waals surface area contributed by atoms with Gasteiger partial charge in [-0.1, -0.05) is 32.9 Å². The first-order valence-electron chi connectivity index (χ1n) is 22.7. The van der Waals surface area contributed by atoms with Gasteiger partial charge in [0, 0.05) is 33.6 Å². The van der Waals surface area contributed by atoms with E-state index in [4.69, 9.17) is 33.7 Å². The number of cyclic esters (lactones) is 2. The third kappa shape index (κ3) is 7.12. The van der Waals surface area contributed by atoms with Gasteiger partial charge in [-0.05, 0) is 94.6 Å². The van der Waals surface area contributed by atoms with Gasteiger partial charge in [0.15, 0.2) is 11.8 Å². The number of benzene rings is 1. The van der Waals surface area contributed by atoms with Crippen molar-refractivity contribution in [1.29, 1.82) is 0 Å². The summed E-state index contributed by atoms with van der Waals surface area (Å²) in [6.07, 6.45) is 6.75. The molecule has 16 nitrogen and oxygen atoms in total. The number of aliphatic hydroxyl groups is 2. The first-order chi connectivity index (χ1) is 31.8. The van der Waals surface area contributed by atoms with Crippen LogP contribution in [0, 0.1) is 5.92 Å². The predicted octanol–water partition coefficient (Wildman–Crippen LogP) is 4.89. The van der Waals surface area contributed by atoms with Crippen LogP contribution in [0.1, 0.15) is 98.7 Å². The number of carbonyl (C=O) groups is 2. The molecule has 0 aliphatic carbocycles. The summed E-state index contributed by atoms with van der Waals surface area (Å²) in [7, 11) is 1.89. The van der Waals surface area contributed by atoms with Crippen molar-refractivity contribution >= 4 is 28.6 Å². The Kier molecular flexibility index (Phi) is 12.0. The fourth-order valence-electron chi connectivity index (χ4n) is 10.1. The highest BCUT2D eigenvalue weighted by atomic mass is 16.6. The average Bonchev–Trinajstić information content (AvgIpc) is 3.83. The van der Waals surface area contributed by atoms with Crippen molar-refractivity contribution in [3.05, 3.63) is 126 Å². The second-order valence-electron chi connectivity index (χ2n) is 17.4. The summed E-state index contributed by atoms with van der Waals surface area (Å²) in [5.74, 6) is -0.314. The Morgan fingerprint density at radius 1 is 1.00 bits per heavy atom. The van der Waals surface area contributed by atoms with E-state index in [2.05, 4.69) is 11.9 Å². The monoisotopic (exact) mass is 901 g/mol. The number of aliphatic imine (C=N–C) groups is 1. The molecule has 0 fully saturated rings. The number of allylic oxidation sites excluding steroid dienone is 2. The van der Waals surface area contributed by atoms with Gasteiger partial charge in [-0.2, -0.15) is 0 Å². The van der Waals surface area contributed by atoms with Crippen molar-refractivity contribution in [2.24, 2.45) is 10.9 Å². The van der Waals surface area contributed by atoms with E-state index in [1.165, 1.54) is 4.57 Å². The second-order valence-corrected chi connectivity index (χ2v) is 17.4. The molecule has 346 valence electrons. The second kappa shape index (κ2) is 17.5. The number of nitrogens with zero attached hydrogens (tertiary/aromatic N) is 4. The lowest BCUT2D eigenvalue weighted by Crippen LogP contribution is -2.46. The van der Waals surface area contributed by atoms with Crippen molar-refractivity contribution in [2.45, 2.75) is 103 Å². The fourth-order valence-corrected chi connectivity index (χ4v) is 10.1. The fraction of sp³-hybridized carbons (Fsp3) is 0.440. The Balaban J connectivity index is 1.08. The summed E-state index contributed by atoms with van der Waals surface area (Å²) >= 11 is 0. The van der Waals surface area contributed by atoms with Crippen molar-refractivity contribution in [3.8, 4) is 17.1 Å². The van der Waals surface area contributed by atoms with Gasteiger partial charge < -0.3 is 43.8 Å². The Morgan fingerprint density at radius 2 is 1.76 bits per heavy atom. The molecule has 0 saturated heterocycles. The Morgan fingerprint density at radius 3 is 2.48 bits per heavy atom. The molecule has 5 aliphatic heterocycles. The maximum Gasteiger partial charge on any atom is 0.355 e. The van der Waals surface area contributed by atoms with E-state index in [1.54, 1.807) is 36.6 Å². The quantitative estimate of drug-likeness (QED) is 0.0524. The third-order valence-corrected chi connectivity index (χ3v) is 13.6. The van der Waals surface area contributed by atoms with Crippen LogP contribution < -0.4 is 21.2 Å².